The van der Waals surface area contributed by atoms with Crippen LogP contribution in [0.3, 0.4) is 0 Å². The number of para-hydroxylation sites is 1. The minimum Gasteiger partial charge on any atom is -0.497 e. The first-order chi connectivity index (χ1) is 19.1. The molecular formula is C31H39N3O5S. The molecule has 214 valence electrons. The van der Waals surface area contributed by atoms with Gasteiger partial charge in [0.05, 0.1) is 17.7 Å². The molecule has 0 spiro atoms. The number of carbonyl (C=O) groups excluding carboxylic acids is 2. The predicted octanol–water partition coefficient (Wildman–Crippen LogP) is 4.78. The van der Waals surface area contributed by atoms with Gasteiger partial charge in [0.15, 0.2) is 0 Å². The third kappa shape index (κ3) is 7.85. The van der Waals surface area contributed by atoms with Gasteiger partial charge in [-0.3, -0.25) is 13.9 Å². The molecule has 1 N–H and O–H groups in total. The molecule has 0 aliphatic rings. The van der Waals surface area contributed by atoms with Crippen LogP contribution >= 0.6 is 0 Å². The summed E-state index contributed by atoms with van der Waals surface area (Å²) in [6.45, 7) is 7.98. The maximum absolute atomic E-state index is 14.0. The van der Waals surface area contributed by atoms with E-state index < -0.39 is 28.5 Å². The molecule has 3 aromatic carbocycles. The zero-order chi connectivity index (χ0) is 29.3. The number of nitrogens with one attached hydrogen (secondary N) is 1. The molecule has 0 aromatic heterocycles. The van der Waals surface area contributed by atoms with Crippen LogP contribution < -0.4 is 14.4 Å². The van der Waals surface area contributed by atoms with Crippen molar-refractivity contribution in [2.24, 2.45) is 5.92 Å². The summed E-state index contributed by atoms with van der Waals surface area (Å²) in [6, 6.07) is 21.5. The van der Waals surface area contributed by atoms with Crippen molar-refractivity contribution in [3.8, 4) is 5.75 Å². The van der Waals surface area contributed by atoms with Gasteiger partial charge in [-0.1, -0.05) is 68.8 Å². The first kappa shape index (κ1) is 30.7. The number of anilines is 1. The fourth-order valence-corrected chi connectivity index (χ4v) is 5.64. The van der Waals surface area contributed by atoms with Gasteiger partial charge in [-0.25, -0.2) is 8.42 Å². The molecule has 3 rings (SSSR count). The highest BCUT2D eigenvalue weighted by Gasteiger charge is 2.33. The van der Waals surface area contributed by atoms with Crippen molar-refractivity contribution >= 4 is 27.5 Å². The van der Waals surface area contributed by atoms with Crippen LogP contribution in [0.15, 0.2) is 83.8 Å². The van der Waals surface area contributed by atoms with Crippen LogP contribution in [0.1, 0.15) is 38.3 Å². The largest absolute Gasteiger partial charge is 0.497 e. The lowest BCUT2D eigenvalue weighted by molar-refractivity contribution is -0.140. The molecule has 2 amide bonds. The predicted molar refractivity (Wildman–Crippen MR) is 158 cm³/mol. The molecule has 0 saturated carbocycles. The Morgan fingerprint density at radius 3 is 2.10 bits per heavy atom. The second-order valence-corrected chi connectivity index (χ2v) is 12.0. The van der Waals surface area contributed by atoms with E-state index in [1.807, 2.05) is 52.0 Å². The van der Waals surface area contributed by atoms with Crippen LogP contribution in [0.2, 0.25) is 0 Å². The Morgan fingerprint density at radius 2 is 1.55 bits per heavy atom. The van der Waals surface area contributed by atoms with Gasteiger partial charge in [0.1, 0.15) is 18.3 Å². The lowest BCUT2D eigenvalue weighted by Crippen LogP contribution is -2.52. The molecule has 0 aliphatic heterocycles. The van der Waals surface area contributed by atoms with Crippen molar-refractivity contribution in [3.05, 3.63) is 90.0 Å². The standard InChI is InChI=1S/C31H39N3O5S/c1-6-29(31(36)32-20-23(2)3)33(21-25-14-12-24(4)13-15-25)30(35)22-34(26-10-8-7-9-11-26)40(37,38)28-18-16-27(39-5)17-19-28/h7-19,23,29H,6,20-22H2,1-5H3,(H,32,36). The van der Waals surface area contributed by atoms with Crippen molar-refractivity contribution in [1.82, 2.24) is 10.2 Å². The number of hydrogen-bond acceptors (Lipinski definition) is 5. The zero-order valence-corrected chi connectivity index (χ0v) is 24.6. The molecule has 3 aromatic rings. The smallest absolute Gasteiger partial charge is 0.264 e. The van der Waals surface area contributed by atoms with Gasteiger partial charge in [0, 0.05) is 13.1 Å². The van der Waals surface area contributed by atoms with E-state index in [0.717, 1.165) is 15.4 Å². The number of hydrogen-bond donors (Lipinski definition) is 1. The Kier molecular flexibility index (Phi) is 10.7. The average Bonchev–Trinajstić information content (AvgIpc) is 2.95. The summed E-state index contributed by atoms with van der Waals surface area (Å²) in [6.07, 6.45) is 0.373. The highest BCUT2D eigenvalue weighted by molar-refractivity contribution is 7.92. The van der Waals surface area contributed by atoms with Crippen LogP contribution in [0.25, 0.3) is 0 Å². The van der Waals surface area contributed by atoms with Crippen LogP contribution in [-0.4, -0.2) is 51.4 Å². The molecule has 0 fully saturated rings. The normalized spacial score (nSPS) is 12.1. The lowest BCUT2D eigenvalue weighted by Gasteiger charge is -2.33. The minimum absolute atomic E-state index is 0.0248. The molecule has 40 heavy (non-hydrogen) atoms. The average molecular weight is 566 g/mol. The molecule has 0 bridgehead atoms. The lowest BCUT2D eigenvalue weighted by atomic mass is 10.1. The first-order valence-corrected chi connectivity index (χ1v) is 14.8. The molecule has 0 radical (unpaired) electrons. The number of carbonyl (C=O) groups is 2. The Hall–Kier alpha value is -3.85. The van der Waals surface area contributed by atoms with Crippen molar-refractivity contribution in [2.75, 3.05) is 24.5 Å². The molecule has 1 unspecified atom stereocenters. The van der Waals surface area contributed by atoms with Crippen molar-refractivity contribution in [1.29, 1.82) is 0 Å². The highest BCUT2D eigenvalue weighted by atomic mass is 32.2. The summed E-state index contributed by atoms with van der Waals surface area (Å²) < 4.78 is 34.0. The Balaban J connectivity index is 2.01. The summed E-state index contributed by atoms with van der Waals surface area (Å²) in [4.78, 5) is 28.8. The van der Waals surface area contributed by atoms with Gasteiger partial charge < -0.3 is 15.0 Å². The van der Waals surface area contributed by atoms with Crippen LogP contribution in [0.4, 0.5) is 5.69 Å². The second kappa shape index (κ2) is 14.0. The number of amides is 2. The molecule has 0 aliphatic carbocycles. The summed E-state index contributed by atoms with van der Waals surface area (Å²) in [5.41, 5.74) is 2.27. The van der Waals surface area contributed by atoms with E-state index in [-0.39, 0.29) is 23.3 Å². The van der Waals surface area contributed by atoms with Gasteiger partial charge in [-0.15, -0.1) is 0 Å². The number of aryl methyl sites for hydroxylation is 1. The van der Waals surface area contributed by atoms with E-state index in [0.29, 0.717) is 24.4 Å². The highest BCUT2D eigenvalue weighted by Crippen LogP contribution is 2.26. The fraction of sp³-hybridized carbons (Fsp3) is 0.355. The minimum atomic E-state index is -4.13. The van der Waals surface area contributed by atoms with Crippen molar-refractivity contribution in [3.63, 3.8) is 0 Å². The molecule has 0 heterocycles. The van der Waals surface area contributed by atoms with E-state index >= 15 is 0 Å². The molecular weight excluding hydrogens is 526 g/mol. The SMILES string of the molecule is CCC(C(=O)NCC(C)C)N(Cc1ccc(C)cc1)C(=O)CN(c1ccccc1)S(=O)(=O)c1ccc(OC)cc1. The molecule has 9 heteroatoms. The maximum atomic E-state index is 14.0. The molecule has 0 saturated heterocycles. The van der Waals surface area contributed by atoms with Crippen molar-refractivity contribution < 1.29 is 22.7 Å². The molecule has 1 atom stereocenters. The van der Waals surface area contributed by atoms with Gasteiger partial charge in [0.2, 0.25) is 11.8 Å². The summed E-state index contributed by atoms with van der Waals surface area (Å²) in [7, 11) is -2.63. The van der Waals surface area contributed by atoms with Crippen LogP contribution in [0.5, 0.6) is 5.75 Å². The third-order valence-corrected chi connectivity index (χ3v) is 8.30. The second-order valence-electron chi connectivity index (χ2n) is 10.1. The summed E-state index contributed by atoms with van der Waals surface area (Å²) in [5, 5.41) is 2.94. The van der Waals surface area contributed by atoms with E-state index in [9.17, 15) is 18.0 Å². The number of nitrogens with zero attached hydrogens (tertiary/aromatic N) is 2. The van der Waals surface area contributed by atoms with Crippen molar-refractivity contribution in [2.45, 2.75) is 51.6 Å². The zero-order valence-electron chi connectivity index (χ0n) is 23.8. The Labute approximate surface area is 238 Å². The van der Waals surface area contributed by atoms with E-state index in [1.54, 1.807) is 42.5 Å². The number of benzene rings is 3. The summed E-state index contributed by atoms with van der Waals surface area (Å²) in [5.74, 6) is 0.0173. The molecule has 8 nitrogen and oxygen atoms in total. The van der Waals surface area contributed by atoms with Gasteiger partial charge >= 0.3 is 0 Å². The van der Waals surface area contributed by atoms with E-state index in [2.05, 4.69) is 5.32 Å². The number of ether oxygens (including phenoxy) is 1. The van der Waals surface area contributed by atoms with Crippen LogP contribution in [0, 0.1) is 12.8 Å². The Morgan fingerprint density at radius 1 is 0.925 bits per heavy atom. The van der Waals surface area contributed by atoms with E-state index in [1.165, 1.54) is 24.1 Å². The maximum Gasteiger partial charge on any atom is 0.264 e. The van der Waals surface area contributed by atoms with Crippen LogP contribution in [-0.2, 0) is 26.2 Å². The van der Waals surface area contributed by atoms with Gasteiger partial charge in [0.25, 0.3) is 10.0 Å². The van der Waals surface area contributed by atoms with E-state index in [4.69, 9.17) is 4.74 Å². The quantitative estimate of drug-likeness (QED) is 0.322. The fourth-order valence-electron chi connectivity index (χ4n) is 4.23. The number of sulfonamides is 1. The van der Waals surface area contributed by atoms with Gasteiger partial charge in [-0.05, 0) is 61.2 Å². The topological polar surface area (TPSA) is 96.0 Å². The monoisotopic (exact) mass is 565 g/mol. The summed E-state index contributed by atoms with van der Waals surface area (Å²) >= 11 is 0. The van der Waals surface area contributed by atoms with Gasteiger partial charge in [-0.2, -0.15) is 0 Å². The Bertz CT molecular complexity index is 1360. The number of rotatable bonds is 13. The first-order valence-electron chi connectivity index (χ1n) is 13.4. The number of methoxy groups -OCH3 is 1. The third-order valence-electron chi connectivity index (χ3n) is 6.51.